The highest BCUT2D eigenvalue weighted by atomic mass is 16.7. The van der Waals surface area contributed by atoms with Gasteiger partial charge in [0.05, 0.1) is 5.71 Å². The molecule has 1 rings (SSSR count). The molecule has 3 heteroatoms. The van der Waals surface area contributed by atoms with Gasteiger partial charge in [-0.3, -0.25) is 0 Å². The lowest BCUT2D eigenvalue weighted by Crippen LogP contribution is -1.94. The van der Waals surface area contributed by atoms with E-state index < -0.39 is 5.97 Å². The second-order valence-electron chi connectivity index (χ2n) is 3.06. The van der Waals surface area contributed by atoms with E-state index in [-0.39, 0.29) is 0 Å². The largest absolute Gasteiger partial charge is 0.331 e. The van der Waals surface area contributed by atoms with Gasteiger partial charge in [-0.1, -0.05) is 41.6 Å². The summed E-state index contributed by atoms with van der Waals surface area (Å²) >= 11 is 0. The Balaban J connectivity index is 2.58. The van der Waals surface area contributed by atoms with Crippen LogP contribution in [-0.4, -0.2) is 11.7 Å². The summed E-state index contributed by atoms with van der Waals surface area (Å²) in [6.45, 7) is 3.08. The number of carbonyl (C=O) groups excluding carboxylic acids is 1. The van der Waals surface area contributed by atoms with Crippen molar-refractivity contribution in [3.8, 4) is 0 Å². The van der Waals surface area contributed by atoms with Crippen LogP contribution in [0.25, 0.3) is 6.08 Å². The maximum Gasteiger partial charge on any atom is 0.331 e. The lowest BCUT2D eigenvalue weighted by atomic mass is 10.2. The van der Waals surface area contributed by atoms with Crippen LogP contribution in [0.4, 0.5) is 0 Å². The molecule has 0 atom stereocenters. The van der Waals surface area contributed by atoms with Gasteiger partial charge in [-0.25, -0.2) is 4.79 Å². The standard InChI is InChI=1S/C12H13NO2/c1-10(13-15-11(2)14)8-9-12-6-4-3-5-7-12/h3-9H,1-2H3. The van der Waals surface area contributed by atoms with Crippen molar-refractivity contribution < 1.29 is 9.63 Å². The maximum absolute atomic E-state index is 10.5. The molecule has 0 bridgehead atoms. The van der Waals surface area contributed by atoms with E-state index in [4.69, 9.17) is 0 Å². The molecule has 0 aromatic heterocycles. The first-order valence-corrected chi connectivity index (χ1v) is 4.64. The Hall–Kier alpha value is -1.90. The zero-order valence-electron chi connectivity index (χ0n) is 8.81. The van der Waals surface area contributed by atoms with Crippen molar-refractivity contribution >= 4 is 17.8 Å². The summed E-state index contributed by atoms with van der Waals surface area (Å²) in [5.41, 5.74) is 1.73. The third kappa shape index (κ3) is 4.76. The molecular formula is C12H13NO2. The van der Waals surface area contributed by atoms with Crippen molar-refractivity contribution in [3.05, 3.63) is 42.0 Å². The summed E-state index contributed by atoms with van der Waals surface area (Å²) < 4.78 is 0. The van der Waals surface area contributed by atoms with Gasteiger partial charge in [-0.15, -0.1) is 0 Å². The third-order valence-electron chi connectivity index (χ3n) is 1.63. The normalized spacial score (nSPS) is 11.7. The molecule has 0 heterocycles. The van der Waals surface area contributed by atoms with Crippen LogP contribution in [0.5, 0.6) is 0 Å². The predicted octanol–water partition coefficient (Wildman–Crippen LogP) is 2.64. The molecule has 0 aliphatic carbocycles. The summed E-state index contributed by atoms with van der Waals surface area (Å²) in [6, 6.07) is 9.83. The van der Waals surface area contributed by atoms with E-state index in [1.165, 1.54) is 6.92 Å². The number of oxime groups is 1. The quantitative estimate of drug-likeness (QED) is 0.430. The number of hydrogen-bond acceptors (Lipinski definition) is 3. The molecule has 0 saturated heterocycles. The molecule has 0 radical (unpaired) electrons. The first kappa shape index (κ1) is 11.2. The summed E-state index contributed by atoms with van der Waals surface area (Å²) in [6.07, 6.45) is 3.70. The molecule has 0 N–H and O–H groups in total. The molecule has 0 aliphatic heterocycles. The lowest BCUT2D eigenvalue weighted by molar-refractivity contribution is -0.140. The van der Waals surface area contributed by atoms with E-state index in [0.717, 1.165) is 5.56 Å². The van der Waals surface area contributed by atoms with Crippen LogP contribution in [0.1, 0.15) is 19.4 Å². The van der Waals surface area contributed by atoms with E-state index in [1.54, 1.807) is 13.0 Å². The van der Waals surface area contributed by atoms with E-state index in [1.807, 2.05) is 36.4 Å². The van der Waals surface area contributed by atoms with Crippen LogP contribution in [0, 0.1) is 0 Å². The van der Waals surface area contributed by atoms with Gasteiger partial charge in [-0.05, 0) is 18.6 Å². The van der Waals surface area contributed by atoms with Gasteiger partial charge in [-0.2, -0.15) is 0 Å². The molecule has 0 fully saturated rings. The van der Waals surface area contributed by atoms with E-state index in [9.17, 15) is 4.79 Å². The first-order valence-electron chi connectivity index (χ1n) is 4.64. The molecule has 0 unspecified atom stereocenters. The van der Waals surface area contributed by atoms with Crippen LogP contribution in [0.15, 0.2) is 41.6 Å². The van der Waals surface area contributed by atoms with Crippen molar-refractivity contribution in [2.24, 2.45) is 5.16 Å². The maximum atomic E-state index is 10.5. The third-order valence-corrected chi connectivity index (χ3v) is 1.63. The van der Waals surface area contributed by atoms with Crippen molar-refractivity contribution in [2.45, 2.75) is 13.8 Å². The number of benzene rings is 1. The minimum absolute atomic E-state index is 0.414. The molecule has 0 amide bonds. The first-order chi connectivity index (χ1) is 7.18. The summed E-state index contributed by atoms with van der Waals surface area (Å²) in [7, 11) is 0. The van der Waals surface area contributed by atoms with Gasteiger partial charge in [0.1, 0.15) is 0 Å². The number of allylic oxidation sites excluding steroid dienone is 1. The molecule has 0 saturated carbocycles. The average molecular weight is 203 g/mol. The highest BCUT2D eigenvalue weighted by Gasteiger charge is 1.90. The number of rotatable bonds is 3. The SMILES string of the molecule is CC(=O)ON=C(C)C=Cc1ccccc1. The second kappa shape index (κ2) is 5.75. The summed E-state index contributed by atoms with van der Waals surface area (Å²) in [4.78, 5) is 15.0. The summed E-state index contributed by atoms with van der Waals surface area (Å²) in [5, 5.41) is 3.62. The van der Waals surface area contributed by atoms with Crippen LogP contribution in [-0.2, 0) is 9.63 Å². The van der Waals surface area contributed by atoms with Crippen LogP contribution >= 0.6 is 0 Å². The molecule has 0 spiro atoms. The van der Waals surface area contributed by atoms with Gasteiger partial charge in [0, 0.05) is 6.92 Å². The van der Waals surface area contributed by atoms with Crippen molar-refractivity contribution in [1.29, 1.82) is 0 Å². The van der Waals surface area contributed by atoms with E-state index in [2.05, 4.69) is 9.99 Å². The van der Waals surface area contributed by atoms with Crippen LogP contribution < -0.4 is 0 Å². The topological polar surface area (TPSA) is 38.7 Å². The predicted molar refractivity (Wildman–Crippen MR) is 60.4 cm³/mol. The van der Waals surface area contributed by atoms with Crippen LogP contribution in [0.3, 0.4) is 0 Å². The molecule has 78 valence electrons. The fourth-order valence-electron chi connectivity index (χ4n) is 0.948. The zero-order valence-corrected chi connectivity index (χ0v) is 8.81. The average Bonchev–Trinajstić information content (AvgIpc) is 2.25. The molecule has 1 aromatic carbocycles. The lowest BCUT2D eigenvalue weighted by Gasteiger charge is -1.93. The monoisotopic (exact) mass is 203 g/mol. The van der Waals surface area contributed by atoms with Gasteiger partial charge < -0.3 is 4.84 Å². The van der Waals surface area contributed by atoms with Crippen molar-refractivity contribution in [1.82, 2.24) is 0 Å². The number of nitrogens with zero attached hydrogens (tertiary/aromatic N) is 1. The Morgan fingerprint density at radius 1 is 1.27 bits per heavy atom. The van der Waals surface area contributed by atoms with Gasteiger partial charge in [0.15, 0.2) is 0 Å². The van der Waals surface area contributed by atoms with Crippen molar-refractivity contribution in [2.75, 3.05) is 0 Å². The minimum atomic E-state index is -0.414. The molecular weight excluding hydrogens is 190 g/mol. The van der Waals surface area contributed by atoms with Crippen LogP contribution in [0.2, 0.25) is 0 Å². The van der Waals surface area contributed by atoms with Gasteiger partial charge in [0.2, 0.25) is 0 Å². The van der Waals surface area contributed by atoms with E-state index >= 15 is 0 Å². The fraction of sp³-hybridized carbons (Fsp3) is 0.167. The Kier molecular flexibility index (Phi) is 4.29. The Morgan fingerprint density at radius 2 is 1.93 bits per heavy atom. The van der Waals surface area contributed by atoms with Crippen molar-refractivity contribution in [3.63, 3.8) is 0 Å². The summed E-state index contributed by atoms with van der Waals surface area (Å²) in [5.74, 6) is -0.414. The van der Waals surface area contributed by atoms with Gasteiger partial charge in [0.25, 0.3) is 0 Å². The molecule has 3 nitrogen and oxygen atoms in total. The zero-order chi connectivity index (χ0) is 11.1. The molecule has 1 aromatic rings. The van der Waals surface area contributed by atoms with Gasteiger partial charge >= 0.3 is 5.97 Å². The van der Waals surface area contributed by atoms with E-state index in [0.29, 0.717) is 5.71 Å². The molecule has 0 aliphatic rings. The Morgan fingerprint density at radius 3 is 2.53 bits per heavy atom. The fourth-order valence-corrected chi connectivity index (χ4v) is 0.948. The Bertz CT molecular complexity index is 380. The highest BCUT2D eigenvalue weighted by Crippen LogP contribution is 2.01. The second-order valence-corrected chi connectivity index (χ2v) is 3.06. The molecule has 15 heavy (non-hydrogen) atoms. The highest BCUT2D eigenvalue weighted by molar-refractivity contribution is 5.96. The number of hydrogen-bond donors (Lipinski definition) is 0. The smallest absolute Gasteiger partial charge is 0.318 e. The number of carbonyl (C=O) groups is 1. The Labute approximate surface area is 89.1 Å². The minimum Gasteiger partial charge on any atom is -0.318 e.